The summed E-state index contributed by atoms with van der Waals surface area (Å²) in [4.78, 5) is 0. The first-order valence-corrected chi connectivity index (χ1v) is 6.84. The van der Waals surface area contributed by atoms with Crippen LogP contribution in [-0.4, -0.2) is 11.7 Å². The molecule has 0 saturated carbocycles. The van der Waals surface area contributed by atoms with E-state index in [1.807, 2.05) is 24.3 Å². The summed E-state index contributed by atoms with van der Waals surface area (Å²) < 4.78 is 14.5. The number of rotatable bonds is 5. The average Bonchev–Trinajstić information content (AvgIpc) is 2.41. The van der Waals surface area contributed by atoms with Gasteiger partial charge in [0.05, 0.1) is 6.10 Å². The second-order valence-electron chi connectivity index (χ2n) is 4.26. The van der Waals surface area contributed by atoms with Crippen LogP contribution in [0.1, 0.15) is 17.2 Å². The number of aliphatic hydroxyl groups excluding tert-OH is 1. The van der Waals surface area contributed by atoms with Crippen molar-refractivity contribution in [3.63, 3.8) is 0 Å². The Labute approximate surface area is 120 Å². The Bertz CT molecular complexity index is 547. The molecule has 0 aliphatic rings. The van der Waals surface area contributed by atoms with Crippen LogP contribution in [-0.2, 0) is 6.54 Å². The molecule has 0 aliphatic heterocycles. The molecular formula is C15H15BrFNO. The highest BCUT2D eigenvalue weighted by molar-refractivity contribution is 9.10. The lowest BCUT2D eigenvalue weighted by atomic mass is 10.1. The normalized spacial score (nSPS) is 12.4. The van der Waals surface area contributed by atoms with Gasteiger partial charge in [-0.05, 0) is 17.7 Å². The van der Waals surface area contributed by atoms with Crippen LogP contribution < -0.4 is 5.32 Å². The molecule has 2 N–H and O–H groups in total. The summed E-state index contributed by atoms with van der Waals surface area (Å²) in [7, 11) is 0. The third kappa shape index (κ3) is 3.86. The molecule has 0 fully saturated rings. The number of hydrogen-bond acceptors (Lipinski definition) is 2. The third-order valence-corrected chi connectivity index (χ3v) is 3.65. The van der Waals surface area contributed by atoms with Crippen molar-refractivity contribution in [3.05, 3.63) is 69.9 Å². The summed E-state index contributed by atoms with van der Waals surface area (Å²) in [5.41, 5.74) is 1.42. The van der Waals surface area contributed by atoms with E-state index in [4.69, 9.17) is 0 Å². The molecule has 1 atom stereocenters. The molecular weight excluding hydrogens is 309 g/mol. The molecule has 0 bridgehead atoms. The van der Waals surface area contributed by atoms with Gasteiger partial charge in [-0.15, -0.1) is 0 Å². The summed E-state index contributed by atoms with van der Waals surface area (Å²) in [6, 6.07) is 14.1. The van der Waals surface area contributed by atoms with E-state index in [1.54, 1.807) is 18.2 Å². The predicted molar refractivity (Wildman–Crippen MR) is 77.2 cm³/mol. The molecule has 0 amide bonds. The molecule has 0 aliphatic carbocycles. The number of benzene rings is 2. The zero-order chi connectivity index (χ0) is 13.7. The van der Waals surface area contributed by atoms with Gasteiger partial charge < -0.3 is 10.4 Å². The lowest BCUT2D eigenvalue weighted by molar-refractivity contribution is 0.169. The van der Waals surface area contributed by atoms with Gasteiger partial charge in [0.25, 0.3) is 0 Å². The van der Waals surface area contributed by atoms with E-state index in [0.29, 0.717) is 18.7 Å². The third-order valence-electron chi connectivity index (χ3n) is 2.88. The molecule has 2 nitrogen and oxygen atoms in total. The molecule has 4 heteroatoms. The fourth-order valence-electron chi connectivity index (χ4n) is 1.84. The van der Waals surface area contributed by atoms with E-state index < -0.39 is 6.10 Å². The van der Waals surface area contributed by atoms with Gasteiger partial charge in [0.1, 0.15) is 5.82 Å². The SMILES string of the molecule is OC(CNCc1ccccc1Br)c1ccccc1F. The van der Waals surface area contributed by atoms with Gasteiger partial charge in [-0.2, -0.15) is 0 Å². The van der Waals surface area contributed by atoms with E-state index >= 15 is 0 Å². The van der Waals surface area contributed by atoms with Crippen molar-refractivity contribution in [2.75, 3.05) is 6.54 Å². The molecule has 1 unspecified atom stereocenters. The van der Waals surface area contributed by atoms with Crippen LogP contribution in [0.3, 0.4) is 0 Å². The first-order valence-electron chi connectivity index (χ1n) is 6.05. The number of aliphatic hydroxyl groups is 1. The van der Waals surface area contributed by atoms with Gasteiger partial charge in [0.2, 0.25) is 0 Å². The van der Waals surface area contributed by atoms with Gasteiger partial charge >= 0.3 is 0 Å². The zero-order valence-corrected chi connectivity index (χ0v) is 11.9. The summed E-state index contributed by atoms with van der Waals surface area (Å²) in [6.45, 7) is 0.926. The standard InChI is InChI=1S/C15H15BrFNO/c16-13-7-3-1-5-11(13)9-18-10-15(19)12-6-2-4-8-14(12)17/h1-8,15,18-19H,9-10H2. The highest BCUT2D eigenvalue weighted by Crippen LogP contribution is 2.17. The molecule has 0 saturated heterocycles. The van der Waals surface area contributed by atoms with Crippen LogP contribution >= 0.6 is 15.9 Å². The molecule has 0 aromatic heterocycles. The van der Waals surface area contributed by atoms with Gasteiger partial charge in [0.15, 0.2) is 0 Å². The predicted octanol–water partition coefficient (Wildman–Crippen LogP) is 3.41. The van der Waals surface area contributed by atoms with Gasteiger partial charge in [-0.3, -0.25) is 0 Å². The van der Waals surface area contributed by atoms with Crippen LogP contribution in [0, 0.1) is 5.82 Å². The highest BCUT2D eigenvalue weighted by atomic mass is 79.9. The van der Waals surface area contributed by atoms with Crippen LogP contribution in [0.5, 0.6) is 0 Å². The van der Waals surface area contributed by atoms with Crippen molar-refractivity contribution in [1.82, 2.24) is 5.32 Å². The van der Waals surface area contributed by atoms with Crippen LogP contribution in [0.2, 0.25) is 0 Å². The van der Waals surface area contributed by atoms with Gasteiger partial charge in [0, 0.05) is 23.1 Å². The van der Waals surface area contributed by atoms with Crippen molar-refractivity contribution < 1.29 is 9.50 Å². The first-order chi connectivity index (χ1) is 9.18. The van der Waals surface area contributed by atoms with E-state index in [9.17, 15) is 9.50 Å². The van der Waals surface area contributed by atoms with Crippen LogP contribution in [0.15, 0.2) is 53.0 Å². The van der Waals surface area contributed by atoms with Crippen molar-refractivity contribution in [2.24, 2.45) is 0 Å². The monoisotopic (exact) mass is 323 g/mol. The second kappa shape index (κ2) is 6.80. The quantitative estimate of drug-likeness (QED) is 0.883. The Kier molecular flexibility index (Phi) is 5.07. The lowest BCUT2D eigenvalue weighted by Crippen LogP contribution is -2.21. The molecule has 0 radical (unpaired) electrons. The maximum atomic E-state index is 13.5. The Morgan fingerprint density at radius 2 is 1.79 bits per heavy atom. The first kappa shape index (κ1) is 14.2. The molecule has 100 valence electrons. The molecule has 2 rings (SSSR count). The van der Waals surface area contributed by atoms with Crippen molar-refractivity contribution in [2.45, 2.75) is 12.6 Å². The number of halogens is 2. The Balaban J connectivity index is 1.90. The largest absolute Gasteiger partial charge is 0.387 e. The summed E-state index contributed by atoms with van der Waals surface area (Å²) in [6.07, 6.45) is -0.844. The summed E-state index contributed by atoms with van der Waals surface area (Å²) in [5, 5.41) is 13.1. The topological polar surface area (TPSA) is 32.3 Å². The Hall–Kier alpha value is -1.23. The van der Waals surface area contributed by atoms with E-state index in [-0.39, 0.29) is 5.82 Å². The minimum atomic E-state index is -0.844. The van der Waals surface area contributed by atoms with Gasteiger partial charge in [-0.25, -0.2) is 4.39 Å². The molecule has 2 aromatic carbocycles. The molecule has 0 heterocycles. The van der Waals surface area contributed by atoms with Crippen molar-refractivity contribution >= 4 is 15.9 Å². The Morgan fingerprint density at radius 1 is 1.11 bits per heavy atom. The molecule has 19 heavy (non-hydrogen) atoms. The fraction of sp³-hybridized carbons (Fsp3) is 0.200. The minimum absolute atomic E-state index is 0.308. The number of nitrogens with one attached hydrogen (secondary N) is 1. The average molecular weight is 324 g/mol. The summed E-state index contributed by atoms with van der Waals surface area (Å²) in [5.74, 6) is -0.377. The maximum Gasteiger partial charge on any atom is 0.129 e. The van der Waals surface area contributed by atoms with Crippen molar-refractivity contribution in [1.29, 1.82) is 0 Å². The molecule has 2 aromatic rings. The van der Waals surface area contributed by atoms with E-state index in [1.165, 1.54) is 6.07 Å². The second-order valence-corrected chi connectivity index (χ2v) is 5.11. The minimum Gasteiger partial charge on any atom is -0.387 e. The fourth-order valence-corrected chi connectivity index (χ4v) is 2.27. The van der Waals surface area contributed by atoms with Crippen LogP contribution in [0.25, 0.3) is 0 Å². The summed E-state index contributed by atoms with van der Waals surface area (Å²) >= 11 is 3.46. The highest BCUT2D eigenvalue weighted by Gasteiger charge is 2.11. The maximum absolute atomic E-state index is 13.5. The van der Waals surface area contributed by atoms with E-state index in [2.05, 4.69) is 21.2 Å². The van der Waals surface area contributed by atoms with Gasteiger partial charge in [-0.1, -0.05) is 52.3 Å². The zero-order valence-electron chi connectivity index (χ0n) is 10.3. The number of hydrogen-bond donors (Lipinski definition) is 2. The van der Waals surface area contributed by atoms with E-state index in [0.717, 1.165) is 10.0 Å². The molecule has 0 spiro atoms. The smallest absolute Gasteiger partial charge is 0.129 e. The van der Waals surface area contributed by atoms with Crippen LogP contribution in [0.4, 0.5) is 4.39 Å². The lowest BCUT2D eigenvalue weighted by Gasteiger charge is -2.13. The van der Waals surface area contributed by atoms with Crippen molar-refractivity contribution in [3.8, 4) is 0 Å². The Morgan fingerprint density at radius 3 is 2.53 bits per heavy atom.